The van der Waals surface area contributed by atoms with Crippen LogP contribution in [-0.4, -0.2) is 58.1 Å². The fourth-order valence-corrected chi connectivity index (χ4v) is 3.57. The maximum atomic E-state index is 12.9. The van der Waals surface area contributed by atoms with Gasteiger partial charge in [0, 0.05) is 56.4 Å². The summed E-state index contributed by atoms with van der Waals surface area (Å²) in [5.41, 5.74) is 2.05. The van der Waals surface area contributed by atoms with Crippen LogP contribution in [-0.2, 0) is 11.8 Å². The lowest BCUT2D eigenvalue weighted by molar-refractivity contribution is -0.121. The second kappa shape index (κ2) is 8.46. The molecule has 154 valence electrons. The van der Waals surface area contributed by atoms with E-state index in [1.54, 1.807) is 19.4 Å². The Balaban J connectivity index is 1.60. The Hall–Kier alpha value is -3.52. The van der Waals surface area contributed by atoms with Crippen molar-refractivity contribution >= 4 is 17.5 Å². The number of para-hydroxylation sites is 1. The van der Waals surface area contributed by atoms with Gasteiger partial charge in [-0.25, -0.2) is 4.98 Å². The first-order chi connectivity index (χ1) is 14.5. The van der Waals surface area contributed by atoms with Gasteiger partial charge < -0.3 is 10.2 Å². The van der Waals surface area contributed by atoms with Crippen molar-refractivity contribution in [2.75, 3.05) is 36.9 Å². The first kappa shape index (κ1) is 19.8. The number of nitrogens with one attached hydrogen (secondary N) is 1. The number of nitrogens with zero attached hydrogens (tertiary/aromatic N) is 5. The van der Waals surface area contributed by atoms with Crippen molar-refractivity contribution < 1.29 is 4.79 Å². The molecule has 1 atom stereocenters. The van der Waals surface area contributed by atoms with E-state index in [1.165, 1.54) is 10.6 Å². The normalized spacial score (nSPS) is 17.0. The minimum absolute atomic E-state index is 0.0799. The zero-order chi connectivity index (χ0) is 21.1. The quantitative estimate of drug-likeness (QED) is 0.711. The highest BCUT2D eigenvalue weighted by Gasteiger charge is 2.32. The van der Waals surface area contributed by atoms with Crippen LogP contribution in [0.5, 0.6) is 0 Å². The van der Waals surface area contributed by atoms with Gasteiger partial charge in [0.25, 0.3) is 5.56 Å². The highest BCUT2D eigenvalue weighted by atomic mass is 16.2. The van der Waals surface area contributed by atoms with Crippen molar-refractivity contribution in [2.45, 2.75) is 6.04 Å². The van der Waals surface area contributed by atoms with E-state index in [9.17, 15) is 9.59 Å². The largest absolute Gasteiger partial charge is 0.339 e. The van der Waals surface area contributed by atoms with E-state index in [0.717, 1.165) is 11.3 Å². The summed E-state index contributed by atoms with van der Waals surface area (Å²) in [5, 5.41) is 2.97. The minimum atomic E-state index is -0.361. The lowest BCUT2D eigenvalue weighted by Crippen LogP contribution is -2.57. The standard InChI is InChI=1S/C22H24N6O2/c1-26-12-13-28(15-19(26)21(30)24-17-6-4-3-5-7-17)22-25-18(14-20(29)27(22)2)16-8-10-23-11-9-16/h3-11,14,19H,12-13,15H2,1-2H3,(H,24,30). The van der Waals surface area contributed by atoms with E-state index in [2.05, 4.69) is 10.3 Å². The number of rotatable bonds is 4. The topological polar surface area (TPSA) is 83.4 Å². The number of carbonyl (C=O) groups is 1. The van der Waals surface area contributed by atoms with Crippen molar-refractivity contribution in [1.82, 2.24) is 19.4 Å². The molecule has 30 heavy (non-hydrogen) atoms. The molecular formula is C22H24N6O2. The molecule has 0 radical (unpaired) electrons. The third-order valence-electron chi connectivity index (χ3n) is 5.36. The molecule has 1 N–H and O–H groups in total. The number of benzene rings is 1. The Kier molecular flexibility index (Phi) is 5.58. The average molecular weight is 404 g/mol. The number of aromatic nitrogens is 3. The van der Waals surface area contributed by atoms with Gasteiger partial charge in [-0.3, -0.25) is 24.0 Å². The van der Waals surface area contributed by atoms with Crippen LogP contribution in [0.25, 0.3) is 11.3 Å². The van der Waals surface area contributed by atoms with E-state index in [0.29, 0.717) is 31.3 Å². The molecule has 8 heteroatoms. The summed E-state index contributed by atoms with van der Waals surface area (Å²) in [7, 11) is 3.64. The summed E-state index contributed by atoms with van der Waals surface area (Å²) < 4.78 is 1.53. The number of hydrogen-bond acceptors (Lipinski definition) is 6. The molecule has 1 amide bonds. The van der Waals surface area contributed by atoms with Gasteiger partial charge in [0.15, 0.2) is 0 Å². The van der Waals surface area contributed by atoms with Crippen molar-refractivity contribution in [3.63, 3.8) is 0 Å². The fourth-order valence-electron chi connectivity index (χ4n) is 3.57. The summed E-state index contributed by atoms with van der Waals surface area (Å²) in [6, 6.07) is 14.2. The molecule has 1 fully saturated rings. The highest BCUT2D eigenvalue weighted by molar-refractivity contribution is 5.95. The van der Waals surface area contributed by atoms with Crippen LogP contribution in [0.2, 0.25) is 0 Å². The van der Waals surface area contributed by atoms with E-state index < -0.39 is 0 Å². The van der Waals surface area contributed by atoms with Gasteiger partial charge in [-0.05, 0) is 31.3 Å². The summed E-state index contributed by atoms with van der Waals surface area (Å²) in [6.07, 6.45) is 3.35. The molecule has 1 saturated heterocycles. The van der Waals surface area contributed by atoms with Crippen molar-refractivity contribution in [3.05, 3.63) is 71.3 Å². The molecule has 1 unspecified atom stereocenters. The monoisotopic (exact) mass is 404 g/mol. The first-order valence-electron chi connectivity index (χ1n) is 9.82. The Morgan fingerprint density at radius 1 is 1.07 bits per heavy atom. The van der Waals surface area contributed by atoms with Crippen LogP contribution in [0, 0.1) is 0 Å². The zero-order valence-electron chi connectivity index (χ0n) is 17.0. The summed E-state index contributed by atoms with van der Waals surface area (Å²) in [6.45, 7) is 1.79. The smallest absolute Gasteiger partial charge is 0.255 e. The maximum Gasteiger partial charge on any atom is 0.255 e. The van der Waals surface area contributed by atoms with Crippen LogP contribution in [0.3, 0.4) is 0 Å². The molecule has 0 bridgehead atoms. The van der Waals surface area contributed by atoms with E-state index in [4.69, 9.17) is 4.98 Å². The molecule has 1 aromatic carbocycles. The van der Waals surface area contributed by atoms with Crippen molar-refractivity contribution in [2.24, 2.45) is 7.05 Å². The number of pyridine rings is 1. The van der Waals surface area contributed by atoms with Gasteiger partial charge in [-0.15, -0.1) is 0 Å². The van der Waals surface area contributed by atoms with Gasteiger partial charge in [0.1, 0.15) is 6.04 Å². The zero-order valence-corrected chi connectivity index (χ0v) is 17.0. The molecule has 0 saturated carbocycles. The molecule has 0 spiro atoms. The third kappa shape index (κ3) is 4.08. The lowest BCUT2D eigenvalue weighted by Gasteiger charge is -2.39. The number of likely N-dealkylation sites (N-methyl/N-ethyl adjacent to an activating group) is 1. The average Bonchev–Trinajstić information content (AvgIpc) is 2.77. The van der Waals surface area contributed by atoms with Crippen LogP contribution >= 0.6 is 0 Å². The molecule has 1 aliphatic heterocycles. The summed E-state index contributed by atoms with van der Waals surface area (Å²) in [4.78, 5) is 38.3. The lowest BCUT2D eigenvalue weighted by atomic mass is 10.1. The van der Waals surface area contributed by atoms with Gasteiger partial charge in [-0.2, -0.15) is 0 Å². The van der Waals surface area contributed by atoms with Gasteiger partial charge in [0.2, 0.25) is 11.9 Å². The number of hydrogen-bond donors (Lipinski definition) is 1. The van der Waals surface area contributed by atoms with Gasteiger partial charge in [-0.1, -0.05) is 18.2 Å². The predicted octanol–water partition coefficient (Wildman–Crippen LogP) is 1.60. The second-order valence-electron chi connectivity index (χ2n) is 7.37. The van der Waals surface area contributed by atoms with Crippen LogP contribution in [0.1, 0.15) is 0 Å². The fraction of sp³-hybridized carbons (Fsp3) is 0.273. The number of anilines is 2. The molecule has 1 aliphatic rings. The Morgan fingerprint density at radius 2 is 1.80 bits per heavy atom. The molecular weight excluding hydrogens is 380 g/mol. The van der Waals surface area contributed by atoms with Gasteiger partial charge >= 0.3 is 0 Å². The molecule has 8 nitrogen and oxygen atoms in total. The SMILES string of the molecule is CN1CCN(c2nc(-c3ccncc3)cc(=O)n2C)CC1C(=O)Nc1ccccc1. The summed E-state index contributed by atoms with van der Waals surface area (Å²) in [5.74, 6) is 0.476. The third-order valence-corrected chi connectivity index (χ3v) is 5.36. The van der Waals surface area contributed by atoms with Crippen molar-refractivity contribution in [1.29, 1.82) is 0 Å². The van der Waals surface area contributed by atoms with Gasteiger partial charge in [0.05, 0.1) is 5.69 Å². The van der Waals surface area contributed by atoms with Crippen LogP contribution in [0.15, 0.2) is 65.7 Å². The number of piperazine rings is 1. The summed E-state index contributed by atoms with van der Waals surface area (Å²) >= 11 is 0. The first-order valence-corrected chi connectivity index (χ1v) is 9.82. The Morgan fingerprint density at radius 3 is 2.53 bits per heavy atom. The number of amides is 1. The van der Waals surface area contributed by atoms with E-state index in [1.807, 2.05) is 59.3 Å². The molecule has 0 aliphatic carbocycles. The van der Waals surface area contributed by atoms with E-state index in [-0.39, 0.29) is 17.5 Å². The molecule has 3 heterocycles. The molecule has 2 aromatic heterocycles. The van der Waals surface area contributed by atoms with Crippen LogP contribution < -0.4 is 15.8 Å². The van der Waals surface area contributed by atoms with Crippen molar-refractivity contribution in [3.8, 4) is 11.3 Å². The second-order valence-corrected chi connectivity index (χ2v) is 7.37. The minimum Gasteiger partial charge on any atom is -0.339 e. The van der Waals surface area contributed by atoms with Crippen LogP contribution in [0.4, 0.5) is 11.6 Å². The Labute approximate surface area is 174 Å². The Bertz CT molecular complexity index is 1080. The van der Waals surface area contributed by atoms with E-state index >= 15 is 0 Å². The molecule has 4 rings (SSSR count). The molecule has 3 aromatic rings. The predicted molar refractivity (Wildman–Crippen MR) is 116 cm³/mol. The highest BCUT2D eigenvalue weighted by Crippen LogP contribution is 2.21. The number of carbonyl (C=O) groups excluding carboxylic acids is 1. The maximum absolute atomic E-state index is 12.9.